The van der Waals surface area contributed by atoms with Gasteiger partial charge in [-0.25, -0.2) is 4.79 Å². The fraction of sp³-hybridized carbons (Fsp3) is 0.769. The van der Waals surface area contributed by atoms with Crippen LogP contribution in [0.25, 0.3) is 0 Å². The normalized spacial score (nSPS) is 23.2. The molecule has 0 amide bonds. The number of rotatable bonds is 8. The van der Waals surface area contributed by atoms with Crippen molar-refractivity contribution < 1.29 is 55.5 Å². The summed E-state index contributed by atoms with van der Waals surface area (Å²) in [5.74, 6) is -2.78. The Hall–Kier alpha value is -1.51. The number of likely N-dealkylation sites (N-methyl/N-ethyl adjacent to an activating group) is 1. The van der Waals surface area contributed by atoms with Crippen LogP contribution in [0.1, 0.15) is 0 Å². The maximum absolute atomic E-state index is 10.5. The first-order valence-corrected chi connectivity index (χ1v) is 7.21. The molecule has 0 fully saturated rings. The number of carbonyl (C=O) groups excluding carboxylic acids is 1. The largest absolute Gasteiger partial charge is 0.505 e. The third-order valence-electron chi connectivity index (χ3n) is 3.21. The predicted molar refractivity (Wildman–Crippen MR) is 80.3 cm³/mol. The highest BCUT2D eigenvalue weighted by atomic mass is 16.6. The van der Waals surface area contributed by atoms with Crippen molar-refractivity contribution in [3.05, 3.63) is 11.5 Å². The van der Waals surface area contributed by atoms with Crippen LogP contribution >= 0.6 is 0 Å². The maximum Gasteiger partial charge on any atom is 0.377 e. The standard InChI is InChI=1S/C7H17NO5.C6H8O6/c1-8-2-4(10)6(12)7(13)5(11)3-9;7-1-2(8)5-3(9)4(10)6(11)12-5/h4-13H,2-3H2,1H3;2,5,7-10H,1H2/t4-,5+,6+,7+;2-,5+/m00/s1. The monoisotopic (exact) mass is 371 g/mol. The second-order valence-electron chi connectivity index (χ2n) is 5.17. The number of nitrogens with one attached hydrogen (secondary N) is 1. The molecule has 0 saturated heterocycles. The van der Waals surface area contributed by atoms with Gasteiger partial charge in [-0.15, -0.1) is 0 Å². The molecule has 10 N–H and O–H groups in total. The third-order valence-corrected chi connectivity index (χ3v) is 3.21. The van der Waals surface area contributed by atoms with E-state index in [1.165, 1.54) is 0 Å². The molecule has 0 aromatic rings. The Morgan fingerprint density at radius 1 is 1.00 bits per heavy atom. The van der Waals surface area contributed by atoms with Crippen molar-refractivity contribution >= 4 is 5.97 Å². The molecule has 0 aromatic carbocycles. The molecule has 0 aliphatic carbocycles. The molecule has 0 unspecified atom stereocenters. The van der Waals surface area contributed by atoms with Gasteiger partial charge in [0.1, 0.15) is 24.4 Å². The van der Waals surface area contributed by atoms with Gasteiger partial charge in [-0.3, -0.25) is 0 Å². The van der Waals surface area contributed by atoms with Gasteiger partial charge >= 0.3 is 5.97 Å². The highest BCUT2D eigenvalue weighted by molar-refractivity contribution is 5.89. The third kappa shape index (κ3) is 6.72. The summed E-state index contributed by atoms with van der Waals surface area (Å²) in [6, 6.07) is 0. The summed E-state index contributed by atoms with van der Waals surface area (Å²) in [7, 11) is 1.57. The van der Waals surface area contributed by atoms with Crippen molar-refractivity contribution in [3.8, 4) is 0 Å². The van der Waals surface area contributed by atoms with Gasteiger partial charge in [0.05, 0.1) is 19.3 Å². The second kappa shape index (κ2) is 11.2. The number of aliphatic hydroxyl groups excluding tert-OH is 9. The molecule has 0 bridgehead atoms. The zero-order valence-corrected chi connectivity index (χ0v) is 13.4. The maximum atomic E-state index is 10.5. The van der Waals surface area contributed by atoms with Gasteiger partial charge in [0, 0.05) is 6.54 Å². The summed E-state index contributed by atoms with van der Waals surface area (Å²) < 4.78 is 4.32. The Morgan fingerprint density at radius 3 is 1.88 bits per heavy atom. The topological polar surface area (TPSA) is 220 Å². The summed E-state index contributed by atoms with van der Waals surface area (Å²) in [5, 5.41) is 82.5. The lowest BCUT2D eigenvalue weighted by molar-refractivity contribution is -0.147. The van der Waals surface area contributed by atoms with Crippen LogP contribution in [0.4, 0.5) is 0 Å². The molecule has 0 radical (unpaired) electrons. The molecular formula is C13H25NO11. The molecule has 1 aliphatic heterocycles. The quantitative estimate of drug-likeness (QED) is 0.182. The fourth-order valence-corrected chi connectivity index (χ4v) is 1.72. The Balaban J connectivity index is 0.000000462. The summed E-state index contributed by atoms with van der Waals surface area (Å²) in [4.78, 5) is 10.5. The molecule has 12 heteroatoms. The van der Waals surface area contributed by atoms with Crippen LogP contribution < -0.4 is 5.32 Å². The lowest BCUT2D eigenvalue weighted by atomic mass is 10.0. The van der Waals surface area contributed by atoms with Crippen LogP contribution in [0.2, 0.25) is 0 Å². The number of esters is 1. The van der Waals surface area contributed by atoms with Crippen LogP contribution in [0.15, 0.2) is 11.5 Å². The molecule has 0 spiro atoms. The summed E-state index contributed by atoms with van der Waals surface area (Å²) >= 11 is 0. The highest BCUT2D eigenvalue weighted by Crippen LogP contribution is 2.20. The summed E-state index contributed by atoms with van der Waals surface area (Å²) in [6.45, 7) is -1.24. The van der Waals surface area contributed by atoms with Crippen LogP contribution in [-0.2, 0) is 9.53 Å². The van der Waals surface area contributed by atoms with E-state index in [1.54, 1.807) is 7.05 Å². The highest BCUT2D eigenvalue weighted by Gasteiger charge is 2.38. The van der Waals surface area contributed by atoms with Crippen molar-refractivity contribution in [1.82, 2.24) is 5.32 Å². The second-order valence-corrected chi connectivity index (χ2v) is 5.17. The number of carbonyl (C=O) groups is 1. The molecular weight excluding hydrogens is 346 g/mol. The minimum Gasteiger partial charge on any atom is -0.505 e. The van der Waals surface area contributed by atoms with Crippen molar-refractivity contribution in [3.63, 3.8) is 0 Å². The zero-order valence-electron chi connectivity index (χ0n) is 13.4. The molecule has 148 valence electrons. The van der Waals surface area contributed by atoms with Crippen LogP contribution in [-0.4, -0.2) is 115 Å². The van der Waals surface area contributed by atoms with Crippen molar-refractivity contribution in [2.45, 2.75) is 36.6 Å². The first-order chi connectivity index (χ1) is 11.6. The number of hydrogen-bond acceptors (Lipinski definition) is 12. The molecule has 6 atom stereocenters. The molecule has 12 nitrogen and oxygen atoms in total. The molecule has 0 aromatic heterocycles. The average molecular weight is 371 g/mol. The van der Waals surface area contributed by atoms with E-state index in [0.29, 0.717) is 0 Å². The minimum atomic E-state index is -1.55. The number of ether oxygens (including phenoxy) is 1. The molecule has 1 heterocycles. The van der Waals surface area contributed by atoms with Gasteiger partial charge in [-0.1, -0.05) is 0 Å². The first kappa shape index (κ1) is 23.5. The number of cyclic esters (lactones) is 1. The molecule has 25 heavy (non-hydrogen) atoms. The van der Waals surface area contributed by atoms with E-state index in [1.807, 2.05) is 0 Å². The van der Waals surface area contributed by atoms with E-state index in [4.69, 9.17) is 40.9 Å². The van der Waals surface area contributed by atoms with Crippen LogP contribution in [0.3, 0.4) is 0 Å². The molecule has 1 aliphatic rings. The lowest BCUT2D eigenvalue weighted by Gasteiger charge is -2.25. The van der Waals surface area contributed by atoms with E-state index >= 15 is 0 Å². The first-order valence-electron chi connectivity index (χ1n) is 7.21. The van der Waals surface area contributed by atoms with E-state index in [0.717, 1.165) is 0 Å². The number of hydrogen-bond donors (Lipinski definition) is 10. The zero-order chi connectivity index (χ0) is 19.7. The van der Waals surface area contributed by atoms with Gasteiger partial charge < -0.3 is 56.0 Å². The fourth-order valence-electron chi connectivity index (χ4n) is 1.72. The number of aliphatic hydroxyl groups is 9. The Labute approximate surface area is 142 Å². The van der Waals surface area contributed by atoms with E-state index in [-0.39, 0.29) is 6.54 Å². The van der Waals surface area contributed by atoms with Gasteiger partial charge in [0.15, 0.2) is 11.9 Å². The smallest absolute Gasteiger partial charge is 0.377 e. The Bertz CT molecular complexity index is 444. The van der Waals surface area contributed by atoms with Gasteiger partial charge in [0.2, 0.25) is 5.76 Å². The Kier molecular flexibility index (Phi) is 10.5. The van der Waals surface area contributed by atoms with Crippen molar-refractivity contribution in [2.75, 3.05) is 26.8 Å². The average Bonchev–Trinajstić information content (AvgIpc) is 2.87. The SMILES string of the molecule is CNC[C@H](O)[C@@H](O)[C@H](O)[C@H](O)CO.O=C1O[C@H]([C@@H](O)CO)C(O)=C1O. The molecule has 1 rings (SSSR count). The minimum absolute atomic E-state index is 0.0936. The van der Waals surface area contributed by atoms with E-state index in [2.05, 4.69) is 10.1 Å². The molecule has 0 saturated carbocycles. The van der Waals surface area contributed by atoms with Crippen molar-refractivity contribution in [2.24, 2.45) is 0 Å². The predicted octanol–water partition coefficient (Wildman–Crippen LogP) is -4.77. The van der Waals surface area contributed by atoms with Gasteiger partial charge in [0.25, 0.3) is 0 Å². The summed E-state index contributed by atoms with van der Waals surface area (Å²) in [5.41, 5.74) is 0. The van der Waals surface area contributed by atoms with Gasteiger partial charge in [-0.05, 0) is 7.05 Å². The summed E-state index contributed by atoms with van der Waals surface area (Å²) in [6.07, 6.45) is -8.42. The van der Waals surface area contributed by atoms with E-state index in [9.17, 15) is 9.90 Å². The van der Waals surface area contributed by atoms with E-state index < -0.39 is 67.3 Å². The van der Waals surface area contributed by atoms with Crippen molar-refractivity contribution in [1.29, 1.82) is 0 Å². The Morgan fingerprint density at radius 2 is 1.52 bits per heavy atom. The lowest BCUT2D eigenvalue weighted by Crippen LogP contribution is -2.48. The van der Waals surface area contributed by atoms with Crippen LogP contribution in [0, 0.1) is 0 Å². The van der Waals surface area contributed by atoms with Crippen LogP contribution in [0.5, 0.6) is 0 Å². The van der Waals surface area contributed by atoms with Gasteiger partial charge in [-0.2, -0.15) is 0 Å².